The first-order chi connectivity index (χ1) is 15.0. The predicted octanol–water partition coefficient (Wildman–Crippen LogP) is 5.69. The Kier molecular flexibility index (Phi) is 7.34. The normalized spacial score (nSPS) is 19.9. The van der Waals surface area contributed by atoms with E-state index in [2.05, 4.69) is 64.3 Å². The standard InChI is InChI=1S/C26H33BrN2O2/c1-18(2)31-23-7-8-24(27)22(17-23)15-19-9-12-29(13-10-19)14-11-21-16-20-5-3-4-6-25(20)28-26(21)30/h3-8,17-19,21H,9-16H2,1-2H3,(H,28,30). The topological polar surface area (TPSA) is 41.6 Å². The number of hydrogen-bond donors (Lipinski definition) is 1. The first kappa shape index (κ1) is 22.3. The Morgan fingerprint density at radius 1 is 1.16 bits per heavy atom. The summed E-state index contributed by atoms with van der Waals surface area (Å²) >= 11 is 3.72. The molecule has 166 valence electrons. The van der Waals surface area contributed by atoms with Crippen molar-refractivity contribution < 1.29 is 9.53 Å². The maximum Gasteiger partial charge on any atom is 0.227 e. The number of carbonyl (C=O) groups is 1. The number of rotatable bonds is 7. The van der Waals surface area contributed by atoms with E-state index in [0.29, 0.717) is 5.92 Å². The molecule has 0 radical (unpaired) electrons. The molecule has 31 heavy (non-hydrogen) atoms. The molecule has 1 N–H and O–H groups in total. The van der Waals surface area contributed by atoms with Crippen molar-refractivity contribution in [2.24, 2.45) is 11.8 Å². The highest BCUT2D eigenvalue weighted by atomic mass is 79.9. The van der Waals surface area contributed by atoms with Crippen molar-refractivity contribution in [1.29, 1.82) is 0 Å². The van der Waals surface area contributed by atoms with E-state index in [0.717, 1.165) is 50.3 Å². The maximum atomic E-state index is 12.5. The van der Waals surface area contributed by atoms with Gasteiger partial charge in [0.05, 0.1) is 6.10 Å². The Bertz CT molecular complexity index is 906. The number of piperidine rings is 1. The first-order valence-electron chi connectivity index (χ1n) is 11.5. The molecule has 0 aliphatic carbocycles. The lowest BCUT2D eigenvalue weighted by Crippen LogP contribution is -2.38. The van der Waals surface area contributed by atoms with E-state index in [-0.39, 0.29) is 17.9 Å². The zero-order valence-electron chi connectivity index (χ0n) is 18.6. The Balaban J connectivity index is 1.25. The third kappa shape index (κ3) is 5.89. The Morgan fingerprint density at radius 2 is 1.94 bits per heavy atom. The molecule has 1 amide bonds. The Morgan fingerprint density at radius 3 is 2.71 bits per heavy atom. The number of amides is 1. The molecule has 1 fully saturated rings. The summed E-state index contributed by atoms with van der Waals surface area (Å²) in [6.45, 7) is 7.37. The minimum Gasteiger partial charge on any atom is -0.491 e. The van der Waals surface area contributed by atoms with Gasteiger partial charge in [-0.05, 0) is 107 Å². The van der Waals surface area contributed by atoms with Gasteiger partial charge in [0.15, 0.2) is 0 Å². The van der Waals surface area contributed by atoms with Crippen molar-refractivity contribution in [2.45, 2.75) is 52.1 Å². The minimum atomic E-state index is 0.0901. The second-order valence-corrected chi connectivity index (χ2v) is 10.1. The van der Waals surface area contributed by atoms with E-state index in [9.17, 15) is 4.79 Å². The number of halogens is 1. The fourth-order valence-electron chi connectivity index (χ4n) is 4.76. The molecule has 2 aromatic carbocycles. The van der Waals surface area contributed by atoms with Crippen molar-refractivity contribution in [3.63, 3.8) is 0 Å². The molecule has 1 atom stereocenters. The monoisotopic (exact) mass is 484 g/mol. The molecule has 2 heterocycles. The Labute approximate surface area is 194 Å². The molecule has 5 heteroatoms. The average Bonchev–Trinajstić information content (AvgIpc) is 2.75. The zero-order valence-corrected chi connectivity index (χ0v) is 20.2. The first-order valence-corrected chi connectivity index (χ1v) is 12.3. The zero-order chi connectivity index (χ0) is 21.8. The molecule has 4 rings (SSSR count). The van der Waals surface area contributed by atoms with Gasteiger partial charge < -0.3 is 15.0 Å². The number of benzene rings is 2. The van der Waals surface area contributed by atoms with Crippen LogP contribution in [0.3, 0.4) is 0 Å². The highest BCUT2D eigenvalue weighted by Gasteiger charge is 2.27. The van der Waals surface area contributed by atoms with Crippen LogP contribution in [0.1, 0.15) is 44.2 Å². The number of hydrogen-bond acceptors (Lipinski definition) is 3. The highest BCUT2D eigenvalue weighted by Crippen LogP contribution is 2.30. The van der Waals surface area contributed by atoms with E-state index in [1.54, 1.807) is 0 Å². The summed E-state index contributed by atoms with van der Waals surface area (Å²) in [5, 5.41) is 3.08. The number of fused-ring (bicyclic) bond motifs is 1. The van der Waals surface area contributed by atoms with Crippen molar-refractivity contribution >= 4 is 27.5 Å². The lowest BCUT2D eigenvalue weighted by molar-refractivity contribution is -0.120. The number of nitrogens with zero attached hydrogens (tertiary/aromatic N) is 1. The van der Waals surface area contributed by atoms with E-state index < -0.39 is 0 Å². The SMILES string of the molecule is CC(C)Oc1ccc(Br)c(CC2CCN(CCC3Cc4ccccc4NC3=O)CC2)c1. The second kappa shape index (κ2) is 10.2. The van der Waals surface area contributed by atoms with Gasteiger partial charge >= 0.3 is 0 Å². The average molecular weight is 485 g/mol. The van der Waals surface area contributed by atoms with Gasteiger partial charge in [0.25, 0.3) is 0 Å². The molecule has 2 aliphatic heterocycles. The van der Waals surface area contributed by atoms with Crippen molar-refractivity contribution in [1.82, 2.24) is 4.90 Å². The van der Waals surface area contributed by atoms with Gasteiger partial charge in [-0.25, -0.2) is 0 Å². The van der Waals surface area contributed by atoms with Crippen LogP contribution in [0.4, 0.5) is 5.69 Å². The molecule has 0 saturated carbocycles. The van der Waals surface area contributed by atoms with Crippen LogP contribution < -0.4 is 10.1 Å². The largest absolute Gasteiger partial charge is 0.491 e. The van der Waals surface area contributed by atoms with Gasteiger partial charge in [0, 0.05) is 16.1 Å². The van der Waals surface area contributed by atoms with Crippen LogP contribution in [0, 0.1) is 11.8 Å². The number of ether oxygens (including phenoxy) is 1. The summed E-state index contributed by atoms with van der Waals surface area (Å²) in [5.74, 6) is 1.93. The second-order valence-electron chi connectivity index (χ2n) is 9.25. The third-order valence-electron chi connectivity index (χ3n) is 6.51. The lowest BCUT2D eigenvalue weighted by atomic mass is 9.88. The summed E-state index contributed by atoms with van der Waals surface area (Å²) in [4.78, 5) is 15.0. The molecule has 0 spiro atoms. The van der Waals surface area contributed by atoms with Gasteiger partial charge in [-0.2, -0.15) is 0 Å². The number of anilines is 1. The maximum absolute atomic E-state index is 12.5. The quantitative estimate of drug-likeness (QED) is 0.548. The lowest BCUT2D eigenvalue weighted by Gasteiger charge is -2.33. The van der Waals surface area contributed by atoms with Crippen LogP contribution in [-0.2, 0) is 17.6 Å². The molecular formula is C26H33BrN2O2. The Hall–Kier alpha value is -1.85. The summed E-state index contributed by atoms with van der Waals surface area (Å²) in [6.07, 6.45) is 5.50. The van der Waals surface area contributed by atoms with Crippen LogP contribution in [0.15, 0.2) is 46.9 Å². The fourth-order valence-corrected chi connectivity index (χ4v) is 5.17. The molecule has 0 aromatic heterocycles. The number of likely N-dealkylation sites (tertiary alicyclic amines) is 1. The van der Waals surface area contributed by atoms with Gasteiger partial charge in [-0.3, -0.25) is 4.79 Å². The molecule has 4 nitrogen and oxygen atoms in total. The highest BCUT2D eigenvalue weighted by molar-refractivity contribution is 9.10. The van der Waals surface area contributed by atoms with E-state index in [1.165, 1.54) is 28.4 Å². The van der Waals surface area contributed by atoms with Gasteiger partial charge in [0.1, 0.15) is 5.75 Å². The number of para-hydroxylation sites is 1. The van der Waals surface area contributed by atoms with E-state index >= 15 is 0 Å². The molecular weight excluding hydrogens is 452 g/mol. The van der Waals surface area contributed by atoms with E-state index in [1.807, 2.05) is 18.2 Å². The predicted molar refractivity (Wildman–Crippen MR) is 130 cm³/mol. The molecule has 0 bridgehead atoms. The molecule has 2 aliphatic rings. The van der Waals surface area contributed by atoms with Crippen molar-refractivity contribution in [2.75, 3.05) is 25.0 Å². The van der Waals surface area contributed by atoms with Crippen molar-refractivity contribution in [3.05, 3.63) is 58.1 Å². The van der Waals surface area contributed by atoms with Crippen molar-refractivity contribution in [3.8, 4) is 5.75 Å². The van der Waals surface area contributed by atoms with Gasteiger partial charge in [0.2, 0.25) is 5.91 Å². The smallest absolute Gasteiger partial charge is 0.227 e. The number of nitrogens with one attached hydrogen (secondary N) is 1. The van der Waals surface area contributed by atoms with Crippen LogP contribution in [0.2, 0.25) is 0 Å². The molecule has 1 saturated heterocycles. The summed E-state index contributed by atoms with van der Waals surface area (Å²) in [6, 6.07) is 14.5. The summed E-state index contributed by atoms with van der Waals surface area (Å²) < 4.78 is 7.05. The fraction of sp³-hybridized carbons (Fsp3) is 0.500. The van der Waals surface area contributed by atoms with Gasteiger partial charge in [-0.1, -0.05) is 34.1 Å². The summed E-state index contributed by atoms with van der Waals surface area (Å²) in [5.41, 5.74) is 3.59. The van der Waals surface area contributed by atoms with Crippen LogP contribution >= 0.6 is 15.9 Å². The van der Waals surface area contributed by atoms with Crippen LogP contribution in [0.5, 0.6) is 5.75 Å². The summed E-state index contributed by atoms with van der Waals surface area (Å²) in [7, 11) is 0. The van der Waals surface area contributed by atoms with Gasteiger partial charge in [-0.15, -0.1) is 0 Å². The molecule has 2 aromatic rings. The number of carbonyl (C=O) groups excluding carboxylic acids is 1. The van der Waals surface area contributed by atoms with E-state index in [4.69, 9.17) is 4.74 Å². The van der Waals surface area contributed by atoms with Crippen LogP contribution in [0.25, 0.3) is 0 Å². The van der Waals surface area contributed by atoms with Crippen LogP contribution in [-0.4, -0.2) is 36.5 Å². The minimum absolute atomic E-state index is 0.0901. The third-order valence-corrected chi connectivity index (χ3v) is 7.28. The molecule has 1 unspecified atom stereocenters.